The second-order valence-electron chi connectivity index (χ2n) is 2.60. The Morgan fingerprint density at radius 2 is 1.87 bits per heavy atom. The summed E-state index contributed by atoms with van der Waals surface area (Å²) in [7, 11) is -2.63. The molecule has 78 valence electrons. The number of carboxylic acid groups (broad SMARTS) is 2. The first-order valence-corrected chi connectivity index (χ1v) is 4.99. The van der Waals surface area contributed by atoms with Crippen LogP contribution in [0.1, 0.15) is 20.7 Å². The Bertz CT molecular complexity index is 424. The molecule has 0 amide bonds. The lowest BCUT2D eigenvalue weighted by molar-refractivity contribution is -0.153. The van der Waals surface area contributed by atoms with Gasteiger partial charge in [0.1, 0.15) is 5.56 Å². The van der Waals surface area contributed by atoms with Crippen LogP contribution in [0.25, 0.3) is 0 Å². The number of benzene rings is 1. The second kappa shape index (κ2) is 4.16. The molecular formula is C8H6NO5P. The van der Waals surface area contributed by atoms with E-state index in [0.29, 0.717) is 0 Å². The lowest BCUT2D eigenvalue weighted by Gasteiger charge is -2.03. The van der Waals surface area contributed by atoms with Gasteiger partial charge in [-0.3, -0.25) is 0 Å². The third-order valence-corrected chi connectivity index (χ3v) is 2.52. The third-order valence-electron chi connectivity index (χ3n) is 1.71. The minimum atomic E-state index is -2.63. The van der Waals surface area contributed by atoms with E-state index in [1.165, 1.54) is 12.1 Å². The van der Waals surface area contributed by atoms with Crippen LogP contribution in [-0.4, -0.2) is 22.2 Å². The van der Waals surface area contributed by atoms with Gasteiger partial charge in [0, 0.05) is 0 Å². The van der Waals surface area contributed by atoms with E-state index < -0.39 is 31.0 Å². The molecule has 0 heterocycles. The van der Waals surface area contributed by atoms with Crippen LogP contribution in [0, 0.1) is 5.16 Å². The fourth-order valence-electron chi connectivity index (χ4n) is 1.11. The summed E-state index contributed by atoms with van der Waals surface area (Å²) in [5.41, 5.74) is -1.04. The van der Waals surface area contributed by atoms with Crippen molar-refractivity contribution in [3.63, 3.8) is 0 Å². The normalized spacial score (nSPS) is 10.9. The predicted octanol–water partition coefficient (Wildman–Crippen LogP) is 0.228. The Kier molecular flexibility index (Phi) is 3.14. The van der Waals surface area contributed by atoms with Crippen LogP contribution in [0.3, 0.4) is 0 Å². The molecule has 0 spiro atoms. The monoisotopic (exact) mass is 227 g/mol. The zero-order chi connectivity index (χ0) is 11.6. The summed E-state index contributed by atoms with van der Waals surface area (Å²) >= 11 is 0. The molecule has 1 rings (SSSR count). The van der Waals surface area contributed by atoms with Crippen LogP contribution in [0.4, 0.5) is 0 Å². The van der Waals surface area contributed by atoms with Crippen LogP contribution in [-0.2, 0) is 0 Å². The van der Waals surface area contributed by atoms with Gasteiger partial charge in [-0.1, -0.05) is 6.07 Å². The minimum absolute atomic E-state index is 0.280. The van der Waals surface area contributed by atoms with Gasteiger partial charge in [-0.15, -0.1) is 5.16 Å². The summed E-state index contributed by atoms with van der Waals surface area (Å²) in [5.74, 6) is -2.93. The molecule has 0 fully saturated rings. The smallest absolute Gasteiger partial charge is 0.341 e. The van der Waals surface area contributed by atoms with Crippen LogP contribution in [0.2, 0.25) is 0 Å². The summed E-state index contributed by atoms with van der Waals surface area (Å²) in [6.07, 6.45) is 0. The highest BCUT2D eigenvalue weighted by atomic mass is 31.1. The highest BCUT2D eigenvalue weighted by Crippen LogP contribution is 2.16. The van der Waals surface area contributed by atoms with E-state index in [2.05, 4.69) is 0 Å². The average Bonchev–Trinajstić information content (AvgIpc) is 2.16. The SMILES string of the molecule is N=[P+]([O-])c1cccc(C(=O)O)c1C(=O)O. The van der Waals surface area contributed by atoms with E-state index in [4.69, 9.17) is 15.4 Å². The molecule has 0 aliphatic carbocycles. The molecule has 0 aromatic heterocycles. The topological polar surface area (TPSA) is 122 Å². The lowest BCUT2D eigenvalue weighted by atomic mass is 10.1. The Hall–Kier alpha value is -1.78. The average molecular weight is 227 g/mol. The number of nitrogens with one attached hydrogen (secondary N) is 1. The van der Waals surface area contributed by atoms with Gasteiger partial charge in [-0.05, 0) is 12.1 Å². The quantitative estimate of drug-likeness (QED) is 0.638. The fourth-order valence-corrected chi connectivity index (χ4v) is 1.75. The van der Waals surface area contributed by atoms with Gasteiger partial charge in [0.25, 0.3) is 0 Å². The molecule has 0 radical (unpaired) electrons. The Balaban J connectivity index is 3.56. The first kappa shape index (κ1) is 11.3. The van der Waals surface area contributed by atoms with Crippen molar-refractivity contribution in [1.82, 2.24) is 0 Å². The van der Waals surface area contributed by atoms with Crippen molar-refractivity contribution in [2.75, 3.05) is 0 Å². The molecule has 0 saturated heterocycles. The first-order valence-electron chi connectivity index (χ1n) is 3.73. The number of carboxylic acids is 2. The van der Waals surface area contributed by atoms with Crippen molar-refractivity contribution in [3.8, 4) is 0 Å². The molecule has 15 heavy (non-hydrogen) atoms. The van der Waals surface area contributed by atoms with Gasteiger partial charge < -0.3 is 15.1 Å². The molecule has 6 nitrogen and oxygen atoms in total. The maximum Gasteiger partial charge on any atom is 0.341 e. The summed E-state index contributed by atoms with van der Waals surface area (Å²) < 4.78 is 0. The summed E-state index contributed by atoms with van der Waals surface area (Å²) in [6.45, 7) is 0. The molecule has 0 bridgehead atoms. The number of hydrogen-bond donors (Lipinski definition) is 3. The van der Waals surface area contributed by atoms with Gasteiger partial charge in [-0.25, -0.2) is 9.59 Å². The van der Waals surface area contributed by atoms with E-state index in [-0.39, 0.29) is 5.30 Å². The summed E-state index contributed by atoms with van der Waals surface area (Å²) in [4.78, 5) is 32.4. The fraction of sp³-hybridized carbons (Fsp3) is 0. The highest BCUT2D eigenvalue weighted by Gasteiger charge is 2.24. The molecule has 0 saturated carbocycles. The summed E-state index contributed by atoms with van der Waals surface area (Å²) in [5, 5.41) is 24.1. The standard InChI is InChI=1S/C8H6NO5P/c9-15(14)5-3-1-2-4(7(10)11)6(5)8(12)13/h1-3,9H,(H,10,11)(H,12,13). The van der Waals surface area contributed by atoms with Gasteiger partial charge in [0.2, 0.25) is 0 Å². The van der Waals surface area contributed by atoms with Crippen molar-refractivity contribution >= 4 is 25.2 Å². The first-order chi connectivity index (χ1) is 6.95. The van der Waals surface area contributed by atoms with Crippen molar-refractivity contribution < 1.29 is 24.7 Å². The van der Waals surface area contributed by atoms with Gasteiger partial charge >= 0.3 is 11.9 Å². The van der Waals surface area contributed by atoms with Crippen LogP contribution < -0.4 is 10.2 Å². The number of hydrogen-bond acceptors (Lipinski definition) is 4. The van der Waals surface area contributed by atoms with E-state index in [9.17, 15) is 14.5 Å². The maximum absolute atomic E-state index is 10.9. The molecule has 1 unspecified atom stereocenters. The second-order valence-corrected chi connectivity index (χ2v) is 3.67. The molecule has 3 N–H and O–H groups in total. The van der Waals surface area contributed by atoms with Crippen molar-refractivity contribution in [2.24, 2.45) is 0 Å². The number of rotatable bonds is 3. The molecule has 1 aromatic carbocycles. The van der Waals surface area contributed by atoms with Crippen molar-refractivity contribution in [1.29, 1.82) is 5.16 Å². The van der Waals surface area contributed by atoms with Crippen LogP contribution >= 0.6 is 7.94 Å². The van der Waals surface area contributed by atoms with Gasteiger partial charge in [0.15, 0.2) is 13.2 Å². The summed E-state index contributed by atoms with van der Waals surface area (Å²) in [6, 6.07) is 3.52. The predicted molar refractivity (Wildman–Crippen MR) is 49.6 cm³/mol. The van der Waals surface area contributed by atoms with Crippen molar-refractivity contribution in [2.45, 2.75) is 0 Å². The Morgan fingerprint density at radius 1 is 1.27 bits per heavy atom. The maximum atomic E-state index is 10.9. The largest absolute Gasteiger partial charge is 0.608 e. The minimum Gasteiger partial charge on any atom is -0.608 e. The number of aromatic carboxylic acids is 2. The zero-order valence-electron chi connectivity index (χ0n) is 7.30. The molecule has 0 aliphatic rings. The molecule has 7 heteroatoms. The third kappa shape index (κ3) is 2.18. The Morgan fingerprint density at radius 3 is 2.27 bits per heavy atom. The van der Waals surface area contributed by atoms with Gasteiger partial charge in [0.05, 0.1) is 5.56 Å². The highest BCUT2D eigenvalue weighted by molar-refractivity contribution is 7.47. The number of carbonyl (C=O) groups is 2. The molecule has 1 aromatic rings. The molecule has 1 atom stereocenters. The van der Waals surface area contributed by atoms with Crippen molar-refractivity contribution in [3.05, 3.63) is 29.3 Å². The Labute approximate surface area is 85.1 Å². The molecular weight excluding hydrogens is 221 g/mol. The lowest BCUT2D eigenvalue weighted by Crippen LogP contribution is -2.20. The van der Waals surface area contributed by atoms with E-state index in [1.807, 2.05) is 0 Å². The van der Waals surface area contributed by atoms with E-state index >= 15 is 0 Å². The van der Waals surface area contributed by atoms with E-state index in [0.717, 1.165) is 6.07 Å². The van der Waals surface area contributed by atoms with Crippen LogP contribution in [0.5, 0.6) is 0 Å². The van der Waals surface area contributed by atoms with Gasteiger partial charge in [-0.2, -0.15) is 0 Å². The van der Waals surface area contributed by atoms with E-state index in [1.54, 1.807) is 0 Å². The van der Waals surface area contributed by atoms with Crippen LogP contribution in [0.15, 0.2) is 18.2 Å². The zero-order valence-corrected chi connectivity index (χ0v) is 8.19. The molecule has 0 aliphatic heterocycles.